The quantitative estimate of drug-likeness (QED) is 0.399. The Balaban J connectivity index is 1.55. The third-order valence-electron chi connectivity index (χ3n) is 4.65. The van der Waals surface area contributed by atoms with Crippen LogP contribution in [0.4, 0.5) is 10.5 Å². The molecule has 2 aromatic heterocycles. The molecular weight excluding hydrogens is 416 g/mol. The number of benzene rings is 2. The van der Waals surface area contributed by atoms with Crippen LogP contribution in [0.2, 0.25) is 0 Å². The highest BCUT2D eigenvalue weighted by Crippen LogP contribution is 2.30. The molecule has 0 radical (unpaired) electrons. The first-order valence-corrected chi connectivity index (χ1v) is 9.76. The van der Waals surface area contributed by atoms with E-state index in [0.717, 1.165) is 32.2 Å². The van der Waals surface area contributed by atoms with Gasteiger partial charge in [-0.1, -0.05) is 40.2 Å². The van der Waals surface area contributed by atoms with Gasteiger partial charge in [-0.25, -0.2) is 4.79 Å². The summed E-state index contributed by atoms with van der Waals surface area (Å²) < 4.78 is 0.967. The average molecular weight is 435 g/mol. The lowest BCUT2D eigenvalue weighted by Crippen LogP contribution is -2.32. The fraction of sp³-hybridized carbons (Fsp3) is 0.0909. The molecule has 0 fully saturated rings. The Bertz CT molecular complexity index is 1080. The van der Waals surface area contributed by atoms with Crippen molar-refractivity contribution in [1.29, 1.82) is 0 Å². The number of rotatable bonds is 5. The zero-order chi connectivity index (χ0) is 19.3. The van der Waals surface area contributed by atoms with Crippen molar-refractivity contribution in [3.8, 4) is 0 Å². The standard InChI is InChI=1S/C22H19BrN4O/c23-16-7-9-17(10-8-16)27-22(28)26-13-19(15-4-3-11-24-12-15)20-14-25-21-6-2-1-5-18(20)21/h1-12,14,19,25H,13H2,(H2,26,27,28). The molecule has 4 rings (SSSR count). The SMILES string of the molecule is O=C(NCC(c1cccnc1)c1c[nH]c2ccccc12)Nc1ccc(Br)cc1. The molecule has 1 atom stereocenters. The maximum absolute atomic E-state index is 12.4. The molecule has 140 valence electrons. The minimum Gasteiger partial charge on any atom is -0.361 e. The van der Waals surface area contributed by atoms with Crippen molar-refractivity contribution in [2.45, 2.75) is 5.92 Å². The second-order valence-corrected chi connectivity index (χ2v) is 7.39. The highest BCUT2D eigenvalue weighted by atomic mass is 79.9. The van der Waals surface area contributed by atoms with Crippen molar-refractivity contribution in [2.75, 3.05) is 11.9 Å². The van der Waals surface area contributed by atoms with Gasteiger partial charge in [-0.15, -0.1) is 0 Å². The monoisotopic (exact) mass is 434 g/mol. The Hall–Kier alpha value is -3.12. The number of fused-ring (bicyclic) bond motifs is 1. The molecule has 0 bridgehead atoms. The molecule has 0 spiro atoms. The van der Waals surface area contributed by atoms with Crippen LogP contribution < -0.4 is 10.6 Å². The van der Waals surface area contributed by atoms with Gasteiger partial charge in [0.15, 0.2) is 0 Å². The number of amides is 2. The number of H-pyrrole nitrogens is 1. The van der Waals surface area contributed by atoms with Crippen molar-refractivity contribution in [2.24, 2.45) is 0 Å². The van der Waals surface area contributed by atoms with Gasteiger partial charge in [0, 0.05) is 52.1 Å². The zero-order valence-electron chi connectivity index (χ0n) is 15.0. The van der Waals surface area contributed by atoms with E-state index in [0.29, 0.717) is 6.54 Å². The van der Waals surface area contributed by atoms with Gasteiger partial charge in [-0.05, 0) is 47.5 Å². The van der Waals surface area contributed by atoms with Crippen LogP contribution in [0.15, 0.2) is 83.7 Å². The van der Waals surface area contributed by atoms with Crippen molar-refractivity contribution in [3.63, 3.8) is 0 Å². The molecule has 4 aromatic rings. The molecule has 0 saturated carbocycles. The van der Waals surface area contributed by atoms with Gasteiger partial charge in [-0.3, -0.25) is 4.98 Å². The van der Waals surface area contributed by atoms with Crippen molar-refractivity contribution < 1.29 is 4.79 Å². The number of anilines is 1. The Morgan fingerprint density at radius 3 is 2.68 bits per heavy atom. The maximum Gasteiger partial charge on any atom is 0.319 e. The molecule has 2 heterocycles. The molecule has 3 N–H and O–H groups in total. The third kappa shape index (κ3) is 4.07. The second kappa shape index (κ2) is 8.27. The minimum absolute atomic E-state index is 0.0134. The maximum atomic E-state index is 12.4. The highest BCUT2D eigenvalue weighted by molar-refractivity contribution is 9.10. The number of para-hydroxylation sites is 1. The van der Waals surface area contributed by atoms with E-state index < -0.39 is 0 Å². The number of hydrogen-bond acceptors (Lipinski definition) is 2. The minimum atomic E-state index is -0.240. The van der Waals surface area contributed by atoms with Crippen LogP contribution in [0.1, 0.15) is 17.0 Å². The van der Waals surface area contributed by atoms with Gasteiger partial charge in [0.1, 0.15) is 0 Å². The van der Waals surface area contributed by atoms with Crippen molar-refractivity contribution >= 4 is 38.6 Å². The van der Waals surface area contributed by atoms with Crippen LogP contribution in [-0.2, 0) is 0 Å². The van der Waals surface area contributed by atoms with Crippen LogP contribution in [0, 0.1) is 0 Å². The first kappa shape index (κ1) is 18.3. The summed E-state index contributed by atoms with van der Waals surface area (Å²) in [7, 11) is 0. The zero-order valence-corrected chi connectivity index (χ0v) is 16.6. The number of carbonyl (C=O) groups is 1. The van der Waals surface area contributed by atoms with Crippen LogP contribution >= 0.6 is 15.9 Å². The predicted molar refractivity (Wildman–Crippen MR) is 116 cm³/mol. The second-order valence-electron chi connectivity index (χ2n) is 6.47. The molecule has 0 aliphatic carbocycles. The lowest BCUT2D eigenvalue weighted by molar-refractivity contribution is 0.252. The topological polar surface area (TPSA) is 69.8 Å². The Kier molecular flexibility index (Phi) is 5.39. The van der Waals surface area contributed by atoms with Crippen molar-refractivity contribution in [1.82, 2.24) is 15.3 Å². The van der Waals surface area contributed by atoms with Gasteiger partial charge >= 0.3 is 6.03 Å². The lowest BCUT2D eigenvalue weighted by atomic mass is 9.92. The van der Waals surface area contributed by atoms with Crippen molar-refractivity contribution in [3.05, 3.63) is 94.9 Å². The average Bonchev–Trinajstić information content (AvgIpc) is 3.15. The number of nitrogens with one attached hydrogen (secondary N) is 3. The molecule has 0 aliphatic rings. The molecule has 2 aromatic carbocycles. The van der Waals surface area contributed by atoms with E-state index in [9.17, 15) is 4.79 Å². The Morgan fingerprint density at radius 1 is 1.07 bits per heavy atom. The van der Waals surface area contributed by atoms with E-state index >= 15 is 0 Å². The smallest absolute Gasteiger partial charge is 0.319 e. The molecule has 0 saturated heterocycles. The van der Waals surface area contributed by atoms with Gasteiger partial charge in [0.25, 0.3) is 0 Å². The van der Waals surface area contributed by atoms with Crippen LogP contribution in [0.25, 0.3) is 10.9 Å². The molecule has 28 heavy (non-hydrogen) atoms. The van der Waals surface area contributed by atoms with E-state index in [1.54, 1.807) is 6.20 Å². The summed E-state index contributed by atoms with van der Waals surface area (Å²) in [4.78, 5) is 20.0. The normalized spacial score (nSPS) is 11.9. The van der Waals surface area contributed by atoms with E-state index in [1.807, 2.05) is 67.0 Å². The molecule has 1 unspecified atom stereocenters. The molecular formula is C22H19BrN4O. The first-order chi connectivity index (χ1) is 13.7. The number of nitrogens with zero attached hydrogens (tertiary/aromatic N) is 1. The molecule has 2 amide bonds. The number of aromatic amines is 1. The summed E-state index contributed by atoms with van der Waals surface area (Å²) in [6, 6.07) is 19.4. The van der Waals surface area contributed by atoms with Crippen LogP contribution in [-0.4, -0.2) is 22.5 Å². The van der Waals surface area contributed by atoms with Gasteiger partial charge in [0.05, 0.1) is 0 Å². The predicted octanol–water partition coefficient (Wildman–Crippen LogP) is 5.28. The number of carbonyl (C=O) groups excluding carboxylic acids is 1. The number of aromatic nitrogens is 2. The fourth-order valence-electron chi connectivity index (χ4n) is 3.27. The number of hydrogen-bond donors (Lipinski definition) is 3. The number of urea groups is 1. The Morgan fingerprint density at radius 2 is 1.89 bits per heavy atom. The Labute approximate surface area is 171 Å². The number of halogens is 1. The van der Waals surface area contributed by atoms with Crippen LogP contribution in [0.3, 0.4) is 0 Å². The molecule has 6 heteroatoms. The lowest BCUT2D eigenvalue weighted by Gasteiger charge is -2.18. The highest BCUT2D eigenvalue weighted by Gasteiger charge is 2.19. The summed E-state index contributed by atoms with van der Waals surface area (Å²) in [6.45, 7) is 0.454. The van der Waals surface area contributed by atoms with Crippen LogP contribution in [0.5, 0.6) is 0 Å². The van der Waals surface area contributed by atoms with E-state index in [4.69, 9.17) is 0 Å². The third-order valence-corrected chi connectivity index (χ3v) is 5.18. The number of pyridine rings is 1. The summed E-state index contributed by atoms with van der Waals surface area (Å²) in [5, 5.41) is 7.00. The molecule has 0 aliphatic heterocycles. The summed E-state index contributed by atoms with van der Waals surface area (Å²) >= 11 is 3.39. The summed E-state index contributed by atoms with van der Waals surface area (Å²) in [5.74, 6) is -0.0134. The van der Waals surface area contributed by atoms with E-state index in [2.05, 4.69) is 42.6 Å². The largest absolute Gasteiger partial charge is 0.361 e. The van der Waals surface area contributed by atoms with Gasteiger partial charge in [-0.2, -0.15) is 0 Å². The van der Waals surface area contributed by atoms with E-state index in [1.165, 1.54) is 0 Å². The fourth-order valence-corrected chi connectivity index (χ4v) is 3.54. The molecule has 5 nitrogen and oxygen atoms in total. The van der Waals surface area contributed by atoms with Gasteiger partial charge < -0.3 is 15.6 Å². The van der Waals surface area contributed by atoms with Gasteiger partial charge in [0.2, 0.25) is 0 Å². The summed E-state index contributed by atoms with van der Waals surface area (Å²) in [6.07, 6.45) is 5.61. The first-order valence-electron chi connectivity index (χ1n) is 8.97. The summed E-state index contributed by atoms with van der Waals surface area (Å²) in [5.41, 5.74) is 4.00. The van der Waals surface area contributed by atoms with E-state index in [-0.39, 0.29) is 11.9 Å².